The summed E-state index contributed by atoms with van der Waals surface area (Å²) in [6, 6.07) is 0. The third kappa shape index (κ3) is 4.98. The van der Waals surface area contributed by atoms with Gasteiger partial charge in [-0.3, -0.25) is 4.99 Å². The molecule has 0 atom stereocenters. The molecule has 0 aromatic carbocycles. The highest BCUT2D eigenvalue weighted by atomic mass is 32.2. The predicted octanol–water partition coefficient (Wildman–Crippen LogP) is -1.14. The SMILES string of the molecule is CC(C)(CNC1=NCCN1)NS(C)(=O)=O. The average Bonchev–Trinajstić information content (AvgIpc) is 2.47. The van der Waals surface area contributed by atoms with Crippen molar-refractivity contribution in [2.24, 2.45) is 4.99 Å². The van der Waals surface area contributed by atoms with E-state index in [-0.39, 0.29) is 0 Å². The lowest BCUT2D eigenvalue weighted by Gasteiger charge is -2.25. The number of guanidine groups is 1. The average molecular weight is 234 g/mol. The Morgan fingerprint density at radius 3 is 2.67 bits per heavy atom. The number of aliphatic imine (C=N–C) groups is 1. The van der Waals surface area contributed by atoms with Gasteiger partial charge in [0, 0.05) is 18.6 Å². The van der Waals surface area contributed by atoms with Crippen LogP contribution in [0, 0.1) is 0 Å². The highest BCUT2D eigenvalue weighted by molar-refractivity contribution is 7.88. The van der Waals surface area contributed by atoms with Crippen molar-refractivity contribution in [3.05, 3.63) is 0 Å². The van der Waals surface area contributed by atoms with Crippen LogP contribution in [-0.4, -0.2) is 45.8 Å². The summed E-state index contributed by atoms with van der Waals surface area (Å²) < 4.78 is 24.7. The monoisotopic (exact) mass is 234 g/mol. The minimum atomic E-state index is -3.18. The smallest absolute Gasteiger partial charge is 0.209 e. The maximum absolute atomic E-state index is 11.1. The van der Waals surface area contributed by atoms with Gasteiger partial charge in [0.1, 0.15) is 0 Å². The second-order valence-electron chi connectivity index (χ2n) is 4.27. The highest BCUT2D eigenvalue weighted by Gasteiger charge is 2.22. The summed E-state index contributed by atoms with van der Waals surface area (Å²) in [5.41, 5.74) is -0.527. The van der Waals surface area contributed by atoms with Gasteiger partial charge in [-0.05, 0) is 13.8 Å². The van der Waals surface area contributed by atoms with Crippen molar-refractivity contribution in [2.75, 3.05) is 25.9 Å². The molecule has 3 N–H and O–H groups in total. The summed E-state index contributed by atoms with van der Waals surface area (Å²) in [7, 11) is -3.18. The topological polar surface area (TPSA) is 82.6 Å². The molecular weight excluding hydrogens is 216 g/mol. The Labute approximate surface area is 90.6 Å². The van der Waals surface area contributed by atoms with Crippen LogP contribution in [0.25, 0.3) is 0 Å². The second-order valence-corrected chi connectivity index (χ2v) is 6.02. The molecule has 0 saturated carbocycles. The zero-order valence-corrected chi connectivity index (χ0v) is 10.1. The third-order valence-corrected chi connectivity index (χ3v) is 2.76. The van der Waals surface area contributed by atoms with E-state index in [4.69, 9.17) is 0 Å². The van der Waals surface area contributed by atoms with Crippen molar-refractivity contribution in [1.29, 1.82) is 0 Å². The lowest BCUT2D eigenvalue weighted by Crippen LogP contribution is -2.52. The summed E-state index contributed by atoms with van der Waals surface area (Å²) in [6.45, 7) is 5.73. The lowest BCUT2D eigenvalue weighted by atomic mass is 10.1. The van der Waals surface area contributed by atoms with Crippen LogP contribution in [-0.2, 0) is 10.0 Å². The Morgan fingerprint density at radius 1 is 1.53 bits per heavy atom. The minimum Gasteiger partial charge on any atom is -0.355 e. The normalized spacial score (nSPS) is 17.1. The van der Waals surface area contributed by atoms with Crippen LogP contribution in [0.2, 0.25) is 0 Å². The molecule has 0 radical (unpaired) electrons. The molecule has 0 aliphatic carbocycles. The van der Waals surface area contributed by atoms with Gasteiger partial charge in [0.2, 0.25) is 10.0 Å². The van der Waals surface area contributed by atoms with Crippen molar-refractivity contribution in [1.82, 2.24) is 15.4 Å². The fraction of sp³-hybridized carbons (Fsp3) is 0.875. The largest absolute Gasteiger partial charge is 0.355 e. The molecule has 1 aliphatic heterocycles. The first-order valence-electron chi connectivity index (χ1n) is 4.80. The molecule has 0 aromatic heterocycles. The fourth-order valence-corrected chi connectivity index (χ4v) is 2.43. The summed E-state index contributed by atoms with van der Waals surface area (Å²) in [5, 5.41) is 6.11. The Morgan fingerprint density at radius 2 is 2.20 bits per heavy atom. The van der Waals surface area contributed by atoms with Crippen LogP contribution in [0.15, 0.2) is 4.99 Å². The van der Waals surface area contributed by atoms with Crippen molar-refractivity contribution in [3.63, 3.8) is 0 Å². The molecule has 0 aromatic rings. The minimum absolute atomic E-state index is 0.492. The van der Waals surface area contributed by atoms with Crippen molar-refractivity contribution in [3.8, 4) is 0 Å². The second kappa shape index (κ2) is 4.36. The van der Waals surface area contributed by atoms with Gasteiger partial charge in [0.05, 0.1) is 12.8 Å². The Balaban J connectivity index is 2.42. The van der Waals surface area contributed by atoms with E-state index in [0.29, 0.717) is 6.54 Å². The van der Waals surface area contributed by atoms with Crippen molar-refractivity contribution in [2.45, 2.75) is 19.4 Å². The lowest BCUT2D eigenvalue weighted by molar-refractivity contribution is 0.447. The van der Waals surface area contributed by atoms with Crippen molar-refractivity contribution >= 4 is 16.0 Å². The van der Waals surface area contributed by atoms with Crippen LogP contribution < -0.4 is 15.4 Å². The molecule has 0 bridgehead atoms. The molecule has 1 aliphatic rings. The van der Waals surface area contributed by atoms with Gasteiger partial charge in [-0.1, -0.05) is 0 Å². The molecule has 0 fully saturated rings. The Bertz CT molecular complexity index is 348. The fourth-order valence-electron chi connectivity index (χ4n) is 1.36. The zero-order valence-electron chi connectivity index (χ0n) is 9.29. The van der Waals surface area contributed by atoms with E-state index < -0.39 is 15.6 Å². The molecule has 0 amide bonds. The molecule has 0 saturated heterocycles. The molecule has 1 heterocycles. The molecule has 1 rings (SSSR count). The summed E-state index contributed by atoms with van der Waals surface area (Å²) in [4.78, 5) is 4.15. The molecule has 15 heavy (non-hydrogen) atoms. The number of hydrogen-bond acceptors (Lipinski definition) is 5. The number of nitrogens with zero attached hydrogens (tertiary/aromatic N) is 1. The third-order valence-electron chi connectivity index (χ3n) is 1.83. The molecule has 0 spiro atoms. The van der Waals surface area contributed by atoms with Crippen LogP contribution in [0.5, 0.6) is 0 Å². The van der Waals surface area contributed by atoms with E-state index in [1.165, 1.54) is 0 Å². The first kappa shape index (κ1) is 12.3. The number of sulfonamides is 1. The van der Waals surface area contributed by atoms with Gasteiger partial charge in [-0.15, -0.1) is 0 Å². The maximum Gasteiger partial charge on any atom is 0.209 e. The van der Waals surface area contributed by atoms with Gasteiger partial charge in [0.25, 0.3) is 0 Å². The predicted molar refractivity (Wildman–Crippen MR) is 60.4 cm³/mol. The number of hydrogen-bond donors (Lipinski definition) is 3. The highest BCUT2D eigenvalue weighted by Crippen LogP contribution is 2.01. The van der Waals surface area contributed by atoms with Gasteiger partial charge >= 0.3 is 0 Å². The Hall–Kier alpha value is -0.820. The standard InChI is InChI=1S/C8H18N4O2S/c1-8(2,12-15(3,13)14)6-11-7-9-4-5-10-7/h12H,4-6H2,1-3H3,(H2,9,10,11). The van der Waals surface area contributed by atoms with Gasteiger partial charge in [-0.2, -0.15) is 0 Å². The molecule has 6 nitrogen and oxygen atoms in total. The van der Waals surface area contributed by atoms with E-state index in [1.807, 2.05) is 13.8 Å². The van der Waals surface area contributed by atoms with E-state index in [1.54, 1.807) is 0 Å². The molecular formula is C8H18N4O2S. The van der Waals surface area contributed by atoms with Crippen LogP contribution in [0.3, 0.4) is 0 Å². The molecule has 88 valence electrons. The van der Waals surface area contributed by atoms with Gasteiger partial charge < -0.3 is 10.6 Å². The molecule has 0 unspecified atom stereocenters. The van der Waals surface area contributed by atoms with E-state index in [2.05, 4.69) is 20.3 Å². The van der Waals surface area contributed by atoms with Gasteiger partial charge in [0.15, 0.2) is 5.96 Å². The number of nitrogens with one attached hydrogen (secondary N) is 3. The van der Waals surface area contributed by atoms with E-state index in [0.717, 1.165) is 25.3 Å². The first-order chi connectivity index (χ1) is 6.79. The zero-order chi connectivity index (χ0) is 11.5. The maximum atomic E-state index is 11.1. The Kier molecular flexibility index (Phi) is 3.56. The van der Waals surface area contributed by atoms with E-state index >= 15 is 0 Å². The molecule has 7 heteroatoms. The summed E-state index contributed by atoms with van der Waals surface area (Å²) in [6.07, 6.45) is 1.15. The van der Waals surface area contributed by atoms with Crippen LogP contribution >= 0.6 is 0 Å². The van der Waals surface area contributed by atoms with E-state index in [9.17, 15) is 8.42 Å². The van der Waals surface area contributed by atoms with Crippen LogP contribution in [0.1, 0.15) is 13.8 Å². The van der Waals surface area contributed by atoms with Crippen molar-refractivity contribution < 1.29 is 8.42 Å². The van der Waals surface area contributed by atoms with Gasteiger partial charge in [-0.25, -0.2) is 13.1 Å². The quantitative estimate of drug-likeness (QED) is 0.574. The summed E-state index contributed by atoms with van der Waals surface area (Å²) >= 11 is 0. The summed E-state index contributed by atoms with van der Waals surface area (Å²) in [5.74, 6) is 0.735. The first-order valence-corrected chi connectivity index (χ1v) is 6.69. The number of rotatable bonds is 4. The van der Waals surface area contributed by atoms with Crippen LogP contribution in [0.4, 0.5) is 0 Å².